The molecule has 0 spiro atoms. The second kappa shape index (κ2) is 5.64. The van der Waals surface area contributed by atoms with Crippen LogP contribution in [-0.4, -0.2) is 24.8 Å². The van der Waals surface area contributed by atoms with Crippen molar-refractivity contribution in [2.45, 2.75) is 19.4 Å². The first-order valence-electron chi connectivity index (χ1n) is 7.53. The number of benzene rings is 1. The Labute approximate surface area is 132 Å². The Morgan fingerprint density at radius 3 is 2.78 bits per heavy atom. The van der Waals surface area contributed by atoms with Crippen LogP contribution in [0.4, 0.5) is 0 Å². The van der Waals surface area contributed by atoms with E-state index in [2.05, 4.69) is 31.8 Å². The van der Waals surface area contributed by atoms with Crippen molar-refractivity contribution in [3.63, 3.8) is 0 Å². The maximum Gasteiger partial charge on any atom is 0.146 e. The van der Waals surface area contributed by atoms with E-state index in [0.717, 1.165) is 28.8 Å². The van der Waals surface area contributed by atoms with E-state index in [9.17, 15) is 0 Å². The highest BCUT2D eigenvalue weighted by Crippen LogP contribution is 2.30. The molecule has 4 aromatic rings. The highest BCUT2D eigenvalue weighted by Gasteiger charge is 2.19. The first-order chi connectivity index (χ1) is 11.4. The molecule has 0 bridgehead atoms. The van der Waals surface area contributed by atoms with Crippen molar-refractivity contribution >= 4 is 11.0 Å². The smallest absolute Gasteiger partial charge is 0.146 e. The largest absolute Gasteiger partial charge is 0.323 e. The summed E-state index contributed by atoms with van der Waals surface area (Å²) in [6.07, 6.45) is 8.38. The normalized spacial score (nSPS) is 12.6. The molecule has 114 valence electrons. The van der Waals surface area contributed by atoms with E-state index >= 15 is 0 Å². The number of aromatic nitrogens is 5. The summed E-state index contributed by atoms with van der Waals surface area (Å²) in [5.41, 5.74) is 3.58. The minimum absolute atomic E-state index is 0.186. The summed E-state index contributed by atoms with van der Waals surface area (Å²) in [6.45, 7) is 2.16. The summed E-state index contributed by atoms with van der Waals surface area (Å²) >= 11 is 0. The lowest BCUT2D eigenvalue weighted by Gasteiger charge is -2.19. The van der Waals surface area contributed by atoms with E-state index in [4.69, 9.17) is 4.63 Å². The highest BCUT2D eigenvalue weighted by molar-refractivity contribution is 5.88. The number of fused-ring (bicyclic) bond motifs is 1. The molecular weight excluding hydrogens is 290 g/mol. The lowest BCUT2D eigenvalue weighted by molar-refractivity contribution is 0.315. The summed E-state index contributed by atoms with van der Waals surface area (Å²) < 4.78 is 7.04. The minimum atomic E-state index is 0.186. The molecule has 0 saturated carbocycles. The number of nitrogens with zero attached hydrogens (tertiary/aromatic N) is 5. The molecule has 1 atom stereocenters. The minimum Gasteiger partial charge on any atom is -0.323 e. The molecule has 1 aromatic carbocycles. The van der Waals surface area contributed by atoms with Crippen molar-refractivity contribution in [3.05, 3.63) is 60.7 Å². The third-order valence-electron chi connectivity index (χ3n) is 4.01. The van der Waals surface area contributed by atoms with Crippen LogP contribution in [0.3, 0.4) is 0 Å². The second-order valence-corrected chi connectivity index (χ2v) is 5.30. The van der Waals surface area contributed by atoms with Crippen LogP contribution in [0.25, 0.3) is 22.4 Å². The van der Waals surface area contributed by atoms with Crippen LogP contribution < -0.4 is 0 Å². The molecular formula is C17H15N5O. The number of rotatable bonds is 4. The maximum atomic E-state index is 4.87. The lowest BCUT2D eigenvalue weighted by atomic mass is 10.0. The Balaban J connectivity index is 1.87. The van der Waals surface area contributed by atoms with Crippen molar-refractivity contribution in [1.82, 2.24) is 24.8 Å². The van der Waals surface area contributed by atoms with Gasteiger partial charge in [-0.1, -0.05) is 13.0 Å². The van der Waals surface area contributed by atoms with E-state index in [1.807, 2.05) is 55.1 Å². The van der Waals surface area contributed by atoms with Crippen molar-refractivity contribution in [1.29, 1.82) is 0 Å². The number of hydrogen-bond donors (Lipinski definition) is 0. The maximum absolute atomic E-state index is 4.87. The van der Waals surface area contributed by atoms with Crippen LogP contribution in [-0.2, 0) is 0 Å². The van der Waals surface area contributed by atoms with Gasteiger partial charge in [-0.3, -0.25) is 4.98 Å². The zero-order valence-corrected chi connectivity index (χ0v) is 12.6. The van der Waals surface area contributed by atoms with Crippen LogP contribution >= 0.6 is 0 Å². The monoisotopic (exact) mass is 305 g/mol. The Kier molecular flexibility index (Phi) is 3.34. The van der Waals surface area contributed by atoms with E-state index < -0.39 is 0 Å². The second-order valence-electron chi connectivity index (χ2n) is 5.30. The molecule has 3 heterocycles. The van der Waals surface area contributed by atoms with Crippen LogP contribution in [0, 0.1) is 0 Å². The quantitative estimate of drug-likeness (QED) is 0.577. The first-order valence-corrected chi connectivity index (χ1v) is 7.53. The third kappa shape index (κ3) is 2.28. The Morgan fingerprint density at radius 2 is 1.96 bits per heavy atom. The molecule has 0 N–H and O–H groups in total. The van der Waals surface area contributed by atoms with Gasteiger partial charge in [0.1, 0.15) is 16.9 Å². The first kappa shape index (κ1) is 13.6. The van der Waals surface area contributed by atoms with Gasteiger partial charge in [0.2, 0.25) is 0 Å². The molecule has 0 amide bonds. The summed E-state index contributed by atoms with van der Waals surface area (Å²) in [6, 6.07) is 10.1. The number of imidazole rings is 1. The van der Waals surface area contributed by atoms with Gasteiger partial charge in [-0.15, -0.1) is 0 Å². The zero-order chi connectivity index (χ0) is 15.6. The van der Waals surface area contributed by atoms with Crippen LogP contribution in [0.15, 0.2) is 59.7 Å². The molecule has 6 nitrogen and oxygen atoms in total. The van der Waals surface area contributed by atoms with E-state index in [1.165, 1.54) is 5.56 Å². The van der Waals surface area contributed by atoms with E-state index in [-0.39, 0.29) is 6.04 Å². The fourth-order valence-electron chi connectivity index (χ4n) is 2.94. The van der Waals surface area contributed by atoms with Gasteiger partial charge in [0.05, 0.1) is 6.04 Å². The summed E-state index contributed by atoms with van der Waals surface area (Å²) in [4.78, 5) is 8.65. The van der Waals surface area contributed by atoms with Gasteiger partial charge in [0.25, 0.3) is 0 Å². The van der Waals surface area contributed by atoms with Gasteiger partial charge < -0.3 is 4.57 Å². The van der Waals surface area contributed by atoms with Crippen LogP contribution in [0.2, 0.25) is 0 Å². The molecule has 1 unspecified atom stereocenters. The van der Waals surface area contributed by atoms with E-state index in [0.29, 0.717) is 0 Å². The fourth-order valence-corrected chi connectivity index (χ4v) is 2.94. The van der Waals surface area contributed by atoms with Gasteiger partial charge in [-0.05, 0) is 46.6 Å². The van der Waals surface area contributed by atoms with Crippen molar-refractivity contribution in [2.75, 3.05) is 0 Å². The van der Waals surface area contributed by atoms with Gasteiger partial charge in [0, 0.05) is 30.4 Å². The molecule has 0 aliphatic rings. The molecule has 0 saturated heterocycles. The predicted octanol–water partition coefficient (Wildman–Crippen LogP) is 3.48. The van der Waals surface area contributed by atoms with Crippen LogP contribution in [0.1, 0.15) is 24.9 Å². The average Bonchev–Trinajstić information content (AvgIpc) is 3.25. The molecule has 6 heteroatoms. The third-order valence-corrected chi connectivity index (χ3v) is 4.01. The Hall–Kier alpha value is -3.02. The molecule has 0 aliphatic carbocycles. The lowest BCUT2D eigenvalue weighted by Crippen LogP contribution is -2.10. The topological polar surface area (TPSA) is 69.6 Å². The van der Waals surface area contributed by atoms with Crippen molar-refractivity contribution < 1.29 is 4.63 Å². The SMILES string of the molecule is CCC(c1ccncc1)n1ccnc1-c1cccc2nonc12. The fraction of sp³-hybridized carbons (Fsp3) is 0.176. The van der Waals surface area contributed by atoms with Crippen molar-refractivity contribution in [2.24, 2.45) is 0 Å². The van der Waals surface area contributed by atoms with E-state index in [1.54, 1.807) is 0 Å². The van der Waals surface area contributed by atoms with Gasteiger partial charge >= 0.3 is 0 Å². The average molecular weight is 305 g/mol. The molecule has 4 rings (SSSR count). The molecule has 0 radical (unpaired) electrons. The summed E-state index contributed by atoms with van der Waals surface area (Å²) in [7, 11) is 0. The molecule has 0 fully saturated rings. The highest BCUT2D eigenvalue weighted by atomic mass is 16.6. The molecule has 0 aliphatic heterocycles. The van der Waals surface area contributed by atoms with Crippen molar-refractivity contribution in [3.8, 4) is 11.4 Å². The molecule has 3 aromatic heterocycles. The summed E-state index contributed by atoms with van der Waals surface area (Å²) in [5, 5.41) is 7.93. The predicted molar refractivity (Wildman–Crippen MR) is 85.7 cm³/mol. The number of hydrogen-bond acceptors (Lipinski definition) is 5. The van der Waals surface area contributed by atoms with Gasteiger partial charge in [-0.2, -0.15) is 0 Å². The zero-order valence-electron chi connectivity index (χ0n) is 12.6. The standard InChI is InChI=1S/C17H15N5O/c1-2-15(12-6-8-18-9-7-12)22-11-10-19-17(22)13-4-3-5-14-16(13)21-23-20-14/h3-11,15H,2H2,1H3. The number of pyridine rings is 1. The van der Waals surface area contributed by atoms with Crippen LogP contribution in [0.5, 0.6) is 0 Å². The van der Waals surface area contributed by atoms with Gasteiger partial charge in [0.15, 0.2) is 0 Å². The molecule has 23 heavy (non-hydrogen) atoms. The summed E-state index contributed by atoms with van der Waals surface area (Å²) in [5.74, 6) is 0.856. The van der Waals surface area contributed by atoms with Gasteiger partial charge in [-0.25, -0.2) is 9.61 Å². The Morgan fingerprint density at radius 1 is 1.09 bits per heavy atom. The Bertz CT molecular complexity index is 928.